The Morgan fingerprint density at radius 2 is 2.05 bits per heavy atom. The summed E-state index contributed by atoms with van der Waals surface area (Å²) >= 11 is 0. The molecule has 0 aromatic heterocycles. The highest BCUT2D eigenvalue weighted by molar-refractivity contribution is 5.95. The minimum Gasteiger partial charge on any atom is -0.330 e. The Labute approximate surface area is 114 Å². The third-order valence-electron chi connectivity index (χ3n) is 4.72. The van der Waals surface area contributed by atoms with E-state index in [1.54, 1.807) is 9.80 Å². The number of likely N-dealkylation sites (N-methyl/N-ethyl adjacent to an activating group) is 1. The van der Waals surface area contributed by atoms with Gasteiger partial charge in [0.25, 0.3) is 0 Å². The van der Waals surface area contributed by atoms with Crippen LogP contribution in [0, 0.1) is 5.92 Å². The number of nitrogens with one attached hydrogen (secondary N) is 1. The molecule has 0 spiro atoms. The number of amides is 2. The van der Waals surface area contributed by atoms with E-state index in [2.05, 4.69) is 5.32 Å². The van der Waals surface area contributed by atoms with Gasteiger partial charge in [-0.3, -0.25) is 9.59 Å². The molecule has 1 N–H and O–H groups in total. The molecule has 2 heterocycles. The molecule has 19 heavy (non-hydrogen) atoms. The summed E-state index contributed by atoms with van der Waals surface area (Å²) in [4.78, 5) is 28.2. The first kappa shape index (κ1) is 12.9. The standard InChI is InChI=1S/C14H23N3O2/c1-15-11(10-5-6-10)8-16-9-13(18)17-7-3-2-4-12(17)14(16)19/h10-12,15H,2-9H2,1H3. The second-order valence-corrected chi connectivity index (χ2v) is 6.05. The summed E-state index contributed by atoms with van der Waals surface area (Å²) < 4.78 is 0. The molecule has 2 unspecified atom stereocenters. The monoisotopic (exact) mass is 265 g/mol. The Balaban J connectivity index is 1.68. The predicted molar refractivity (Wildman–Crippen MR) is 71.5 cm³/mol. The Morgan fingerprint density at radius 3 is 2.74 bits per heavy atom. The van der Waals surface area contributed by atoms with E-state index >= 15 is 0 Å². The Bertz CT molecular complexity index is 381. The maximum absolute atomic E-state index is 12.5. The summed E-state index contributed by atoms with van der Waals surface area (Å²) in [6.45, 7) is 1.73. The lowest BCUT2D eigenvalue weighted by Gasteiger charge is -2.43. The van der Waals surface area contributed by atoms with Gasteiger partial charge in [-0.1, -0.05) is 0 Å². The highest BCUT2D eigenvalue weighted by Gasteiger charge is 2.42. The van der Waals surface area contributed by atoms with Crippen molar-refractivity contribution in [1.82, 2.24) is 15.1 Å². The van der Waals surface area contributed by atoms with E-state index in [4.69, 9.17) is 0 Å². The van der Waals surface area contributed by atoms with E-state index in [1.807, 2.05) is 7.05 Å². The first-order chi connectivity index (χ1) is 9.20. The minimum atomic E-state index is -0.174. The van der Waals surface area contributed by atoms with Crippen molar-refractivity contribution in [2.24, 2.45) is 5.92 Å². The Morgan fingerprint density at radius 1 is 1.26 bits per heavy atom. The van der Waals surface area contributed by atoms with E-state index in [9.17, 15) is 9.59 Å². The Kier molecular flexibility index (Phi) is 3.48. The SMILES string of the molecule is CNC(CN1CC(=O)N2CCCCC2C1=O)C1CC1. The number of carbonyl (C=O) groups excluding carboxylic acids is 2. The summed E-state index contributed by atoms with van der Waals surface area (Å²) in [6, 6.07) is 0.179. The molecule has 0 aromatic rings. The predicted octanol–water partition coefficient (Wildman–Crippen LogP) is 0.208. The maximum Gasteiger partial charge on any atom is 0.245 e. The van der Waals surface area contributed by atoms with Crippen LogP contribution in [0.5, 0.6) is 0 Å². The smallest absolute Gasteiger partial charge is 0.245 e. The van der Waals surface area contributed by atoms with Crippen molar-refractivity contribution in [2.75, 3.05) is 26.7 Å². The molecule has 5 heteroatoms. The van der Waals surface area contributed by atoms with Gasteiger partial charge in [-0.25, -0.2) is 0 Å². The van der Waals surface area contributed by atoms with Crippen LogP contribution in [-0.4, -0.2) is 60.4 Å². The number of hydrogen-bond acceptors (Lipinski definition) is 3. The third kappa shape index (κ3) is 2.48. The number of fused-ring (bicyclic) bond motifs is 1. The number of piperidine rings is 1. The summed E-state index contributed by atoms with van der Waals surface area (Å²) in [5.41, 5.74) is 0. The topological polar surface area (TPSA) is 52.7 Å². The number of piperazine rings is 1. The molecule has 106 valence electrons. The first-order valence-corrected chi connectivity index (χ1v) is 7.46. The minimum absolute atomic E-state index is 0.134. The van der Waals surface area contributed by atoms with Gasteiger partial charge < -0.3 is 15.1 Å². The van der Waals surface area contributed by atoms with Crippen LogP contribution in [0.1, 0.15) is 32.1 Å². The summed E-state index contributed by atoms with van der Waals surface area (Å²) in [5, 5.41) is 3.30. The molecule has 2 atom stereocenters. The van der Waals surface area contributed by atoms with Crippen LogP contribution in [0.4, 0.5) is 0 Å². The van der Waals surface area contributed by atoms with Crippen molar-refractivity contribution < 1.29 is 9.59 Å². The molecule has 3 aliphatic rings. The lowest BCUT2D eigenvalue weighted by Crippen LogP contribution is -2.62. The van der Waals surface area contributed by atoms with Crippen LogP contribution in [0.15, 0.2) is 0 Å². The molecule has 3 rings (SSSR count). The number of rotatable bonds is 4. The highest BCUT2D eigenvalue weighted by Crippen LogP contribution is 2.33. The third-order valence-corrected chi connectivity index (χ3v) is 4.72. The molecule has 1 saturated carbocycles. The van der Waals surface area contributed by atoms with Gasteiger partial charge in [0.15, 0.2) is 0 Å². The molecule has 2 saturated heterocycles. The van der Waals surface area contributed by atoms with Crippen LogP contribution in [0.2, 0.25) is 0 Å². The molecular formula is C14H23N3O2. The van der Waals surface area contributed by atoms with Gasteiger partial charge in [-0.15, -0.1) is 0 Å². The van der Waals surface area contributed by atoms with E-state index in [0.29, 0.717) is 18.5 Å². The van der Waals surface area contributed by atoms with Crippen molar-refractivity contribution in [3.63, 3.8) is 0 Å². The first-order valence-electron chi connectivity index (χ1n) is 7.46. The largest absolute Gasteiger partial charge is 0.330 e. The molecular weight excluding hydrogens is 242 g/mol. The summed E-state index contributed by atoms with van der Waals surface area (Å²) in [5.74, 6) is 0.993. The second-order valence-electron chi connectivity index (χ2n) is 6.05. The van der Waals surface area contributed by atoms with Crippen LogP contribution in [0.25, 0.3) is 0 Å². The van der Waals surface area contributed by atoms with Gasteiger partial charge in [0, 0.05) is 19.1 Å². The van der Waals surface area contributed by atoms with Crippen LogP contribution in [-0.2, 0) is 9.59 Å². The van der Waals surface area contributed by atoms with Crippen molar-refractivity contribution in [2.45, 2.75) is 44.2 Å². The van der Waals surface area contributed by atoms with Crippen molar-refractivity contribution in [3.05, 3.63) is 0 Å². The average Bonchev–Trinajstić information content (AvgIpc) is 3.26. The lowest BCUT2D eigenvalue weighted by atomic mass is 9.98. The molecule has 0 aromatic carbocycles. The van der Waals surface area contributed by atoms with Gasteiger partial charge >= 0.3 is 0 Å². The fourth-order valence-electron chi connectivity index (χ4n) is 3.40. The zero-order chi connectivity index (χ0) is 13.4. The summed E-state index contributed by atoms with van der Waals surface area (Å²) in [6.07, 6.45) is 5.44. The van der Waals surface area contributed by atoms with Crippen LogP contribution >= 0.6 is 0 Å². The number of carbonyl (C=O) groups is 2. The summed E-state index contributed by atoms with van der Waals surface area (Å²) in [7, 11) is 1.95. The van der Waals surface area contributed by atoms with Gasteiger partial charge in [0.05, 0.1) is 6.54 Å². The van der Waals surface area contributed by atoms with Crippen molar-refractivity contribution in [3.8, 4) is 0 Å². The van der Waals surface area contributed by atoms with E-state index in [0.717, 1.165) is 25.8 Å². The van der Waals surface area contributed by atoms with Gasteiger partial charge in [-0.05, 0) is 45.1 Å². The van der Waals surface area contributed by atoms with E-state index in [1.165, 1.54) is 12.8 Å². The molecule has 1 aliphatic carbocycles. The fourth-order valence-corrected chi connectivity index (χ4v) is 3.40. The molecule has 5 nitrogen and oxygen atoms in total. The quantitative estimate of drug-likeness (QED) is 0.790. The van der Waals surface area contributed by atoms with Gasteiger partial charge in [0.1, 0.15) is 6.04 Å². The van der Waals surface area contributed by atoms with Crippen molar-refractivity contribution >= 4 is 11.8 Å². The molecule has 0 bridgehead atoms. The molecule has 3 fully saturated rings. The van der Waals surface area contributed by atoms with Gasteiger partial charge in [0.2, 0.25) is 11.8 Å². The highest BCUT2D eigenvalue weighted by atomic mass is 16.2. The maximum atomic E-state index is 12.5. The normalized spacial score (nSPS) is 29.4. The van der Waals surface area contributed by atoms with Gasteiger partial charge in [-0.2, -0.15) is 0 Å². The number of nitrogens with zero attached hydrogens (tertiary/aromatic N) is 2. The zero-order valence-corrected chi connectivity index (χ0v) is 11.6. The van der Waals surface area contributed by atoms with Crippen LogP contribution < -0.4 is 5.32 Å². The fraction of sp³-hybridized carbons (Fsp3) is 0.857. The molecule has 2 aliphatic heterocycles. The number of hydrogen-bond donors (Lipinski definition) is 1. The average molecular weight is 265 g/mol. The van der Waals surface area contributed by atoms with Crippen molar-refractivity contribution in [1.29, 1.82) is 0 Å². The van der Waals surface area contributed by atoms with Crippen LogP contribution in [0.3, 0.4) is 0 Å². The van der Waals surface area contributed by atoms with E-state index < -0.39 is 0 Å². The zero-order valence-electron chi connectivity index (χ0n) is 11.6. The molecule has 0 radical (unpaired) electrons. The second kappa shape index (κ2) is 5.12. The lowest BCUT2D eigenvalue weighted by molar-refractivity contribution is -0.158. The van der Waals surface area contributed by atoms with E-state index in [-0.39, 0.29) is 24.4 Å². The Hall–Kier alpha value is -1.10. The molecule has 2 amide bonds.